The molecule has 1 fully saturated rings. The van der Waals surface area contributed by atoms with Gasteiger partial charge >= 0.3 is 6.01 Å². The van der Waals surface area contributed by atoms with E-state index in [2.05, 4.69) is 9.97 Å². The van der Waals surface area contributed by atoms with Gasteiger partial charge in [0.1, 0.15) is 23.8 Å². The summed E-state index contributed by atoms with van der Waals surface area (Å²) < 4.78 is 23.8. The van der Waals surface area contributed by atoms with E-state index in [1.54, 1.807) is 12.1 Å². The highest BCUT2D eigenvalue weighted by atomic mass is 19.1. The summed E-state index contributed by atoms with van der Waals surface area (Å²) in [6.45, 7) is 0.286. The minimum absolute atomic E-state index is 0.0249. The molecule has 132 valence electrons. The van der Waals surface area contributed by atoms with Gasteiger partial charge in [0.25, 0.3) is 5.91 Å². The molecule has 1 atom stereocenters. The average molecular weight is 347 g/mol. The molecule has 1 aliphatic rings. The zero-order chi connectivity index (χ0) is 17.7. The van der Waals surface area contributed by atoms with E-state index < -0.39 is 11.4 Å². The van der Waals surface area contributed by atoms with Crippen LogP contribution < -0.4 is 9.47 Å². The molecule has 0 bridgehead atoms. The Hall–Kier alpha value is -2.74. The van der Waals surface area contributed by atoms with Crippen LogP contribution in [0.3, 0.4) is 0 Å². The van der Waals surface area contributed by atoms with E-state index >= 15 is 0 Å². The number of carbonyl (C=O) groups is 1. The van der Waals surface area contributed by atoms with Crippen molar-refractivity contribution >= 4 is 5.91 Å². The fraction of sp³-hybridized carbons (Fsp3) is 0.353. The topological polar surface area (TPSA) is 84.8 Å². The lowest BCUT2D eigenvalue weighted by Crippen LogP contribution is -2.41. The Labute approximate surface area is 144 Å². The highest BCUT2D eigenvalue weighted by Crippen LogP contribution is 2.23. The summed E-state index contributed by atoms with van der Waals surface area (Å²) >= 11 is 0. The summed E-state index contributed by atoms with van der Waals surface area (Å²) in [6.07, 6.45) is 3.41. The average Bonchev–Trinajstić information content (AvgIpc) is 3.02. The molecule has 0 aliphatic carbocycles. The van der Waals surface area contributed by atoms with Gasteiger partial charge in [0.2, 0.25) is 0 Å². The minimum atomic E-state index is -1.18. The molecule has 2 heterocycles. The maximum absolute atomic E-state index is 13.1. The number of carbonyl (C=O) groups excluding carboxylic acids is 1. The summed E-state index contributed by atoms with van der Waals surface area (Å²) in [7, 11) is 0. The number of aliphatic hydroxyl groups is 1. The number of hydrogen-bond acceptors (Lipinski definition) is 6. The fourth-order valence-electron chi connectivity index (χ4n) is 2.54. The molecular formula is C17H18FN3O4. The Morgan fingerprint density at radius 1 is 1.28 bits per heavy atom. The molecule has 0 unspecified atom stereocenters. The Morgan fingerprint density at radius 2 is 2.08 bits per heavy atom. The molecule has 8 heteroatoms. The van der Waals surface area contributed by atoms with Gasteiger partial charge in [0, 0.05) is 25.0 Å². The summed E-state index contributed by atoms with van der Waals surface area (Å²) in [4.78, 5) is 21.4. The van der Waals surface area contributed by atoms with E-state index in [1.165, 1.54) is 35.5 Å². The molecule has 0 saturated carbocycles. The molecule has 0 radical (unpaired) electrons. The van der Waals surface area contributed by atoms with Crippen molar-refractivity contribution in [3.8, 4) is 11.8 Å². The van der Waals surface area contributed by atoms with Crippen molar-refractivity contribution in [3.05, 3.63) is 48.5 Å². The van der Waals surface area contributed by atoms with Gasteiger partial charge in [-0.25, -0.2) is 14.4 Å². The van der Waals surface area contributed by atoms with E-state index in [9.17, 15) is 14.3 Å². The van der Waals surface area contributed by atoms with E-state index in [-0.39, 0.29) is 31.7 Å². The van der Waals surface area contributed by atoms with Crippen LogP contribution in [-0.4, -0.2) is 57.8 Å². The number of ether oxygens (including phenoxy) is 2. The molecule has 0 spiro atoms. The number of likely N-dealkylation sites (tertiary alicyclic amines) is 1. The highest BCUT2D eigenvalue weighted by molar-refractivity contribution is 5.78. The van der Waals surface area contributed by atoms with Gasteiger partial charge < -0.3 is 19.5 Å². The Kier molecular flexibility index (Phi) is 5.08. The molecular weight excluding hydrogens is 329 g/mol. The lowest BCUT2D eigenvalue weighted by atomic mass is 10.1. The van der Waals surface area contributed by atoms with Crippen molar-refractivity contribution in [2.24, 2.45) is 0 Å². The molecule has 1 aromatic carbocycles. The number of β-amino-alcohol motifs (C(OH)–C–C–N with tert-alkyl or cyclic N) is 1. The monoisotopic (exact) mass is 347 g/mol. The van der Waals surface area contributed by atoms with Crippen molar-refractivity contribution in [1.82, 2.24) is 14.9 Å². The molecule has 1 aliphatic heterocycles. The van der Waals surface area contributed by atoms with Crippen molar-refractivity contribution in [2.45, 2.75) is 12.0 Å². The van der Waals surface area contributed by atoms with Crippen LogP contribution in [-0.2, 0) is 4.79 Å². The van der Waals surface area contributed by atoms with Gasteiger partial charge in [-0.15, -0.1) is 0 Å². The van der Waals surface area contributed by atoms with E-state index in [4.69, 9.17) is 9.47 Å². The second kappa shape index (κ2) is 7.43. The summed E-state index contributed by atoms with van der Waals surface area (Å²) in [5, 5.41) is 10.5. The summed E-state index contributed by atoms with van der Waals surface area (Å²) in [6, 6.07) is 7.47. The van der Waals surface area contributed by atoms with Crippen LogP contribution in [0.1, 0.15) is 6.42 Å². The van der Waals surface area contributed by atoms with Crippen LogP contribution in [0, 0.1) is 5.82 Å². The van der Waals surface area contributed by atoms with Gasteiger partial charge in [-0.3, -0.25) is 4.79 Å². The van der Waals surface area contributed by atoms with E-state index in [0.717, 1.165) is 0 Å². The largest absolute Gasteiger partial charge is 0.490 e. The first-order valence-corrected chi connectivity index (χ1v) is 7.82. The second-order valence-corrected chi connectivity index (χ2v) is 5.86. The zero-order valence-electron chi connectivity index (χ0n) is 13.5. The third kappa shape index (κ3) is 4.63. The minimum Gasteiger partial charge on any atom is -0.490 e. The van der Waals surface area contributed by atoms with Gasteiger partial charge in [-0.2, -0.15) is 0 Å². The zero-order valence-corrected chi connectivity index (χ0v) is 13.5. The van der Waals surface area contributed by atoms with Crippen LogP contribution >= 0.6 is 0 Å². The first-order valence-electron chi connectivity index (χ1n) is 7.82. The summed E-state index contributed by atoms with van der Waals surface area (Å²) in [5.41, 5.74) is -1.18. The molecule has 1 N–H and O–H groups in total. The van der Waals surface area contributed by atoms with Crippen LogP contribution in [0.15, 0.2) is 42.7 Å². The predicted molar refractivity (Wildman–Crippen MR) is 85.6 cm³/mol. The predicted octanol–water partition coefficient (Wildman–Crippen LogP) is 1.04. The Bertz CT molecular complexity index is 731. The number of benzene rings is 1. The van der Waals surface area contributed by atoms with Crippen molar-refractivity contribution in [1.29, 1.82) is 0 Å². The maximum Gasteiger partial charge on any atom is 0.316 e. The molecule has 3 rings (SSSR count). The van der Waals surface area contributed by atoms with Gasteiger partial charge in [0.05, 0.1) is 6.54 Å². The molecule has 25 heavy (non-hydrogen) atoms. The van der Waals surface area contributed by atoms with Crippen molar-refractivity contribution in [2.75, 3.05) is 26.3 Å². The number of nitrogens with zero attached hydrogens (tertiary/aromatic N) is 3. The number of halogens is 1. The third-order valence-electron chi connectivity index (χ3n) is 3.86. The standard InChI is InChI=1S/C17H18FN3O4/c18-13-3-1-4-14(9-13)25-12-17(23)5-8-21(11-17)15(22)10-24-16-19-6-2-7-20-16/h1-4,6-7,9,23H,5,8,10-12H2/t17-/m0/s1. The van der Waals surface area contributed by atoms with E-state index in [1.807, 2.05) is 0 Å². The van der Waals surface area contributed by atoms with Crippen molar-refractivity contribution in [3.63, 3.8) is 0 Å². The van der Waals surface area contributed by atoms with Crippen LogP contribution in [0.4, 0.5) is 4.39 Å². The smallest absolute Gasteiger partial charge is 0.316 e. The Morgan fingerprint density at radius 3 is 2.84 bits per heavy atom. The number of rotatable bonds is 6. The Balaban J connectivity index is 1.49. The van der Waals surface area contributed by atoms with Gasteiger partial charge in [-0.1, -0.05) is 6.07 Å². The third-order valence-corrected chi connectivity index (χ3v) is 3.86. The first-order chi connectivity index (χ1) is 12.0. The second-order valence-electron chi connectivity index (χ2n) is 5.86. The van der Waals surface area contributed by atoms with E-state index in [0.29, 0.717) is 18.7 Å². The molecule has 1 aromatic heterocycles. The molecule has 7 nitrogen and oxygen atoms in total. The summed E-state index contributed by atoms with van der Waals surface area (Å²) in [5.74, 6) is -0.343. The first kappa shape index (κ1) is 17.1. The van der Waals surface area contributed by atoms with Crippen LogP contribution in [0.25, 0.3) is 0 Å². The lowest BCUT2D eigenvalue weighted by molar-refractivity contribution is -0.133. The SMILES string of the molecule is O=C(COc1ncccn1)N1CC[C@@](O)(COc2cccc(F)c2)C1. The highest BCUT2D eigenvalue weighted by Gasteiger charge is 2.39. The van der Waals surface area contributed by atoms with Gasteiger partial charge in [0.15, 0.2) is 6.61 Å². The number of amides is 1. The molecule has 1 amide bonds. The number of hydrogen-bond donors (Lipinski definition) is 1. The van der Waals surface area contributed by atoms with Crippen LogP contribution in [0.2, 0.25) is 0 Å². The van der Waals surface area contributed by atoms with Crippen molar-refractivity contribution < 1.29 is 23.8 Å². The lowest BCUT2D eigenvalue weighted by Gasteiger charge is -2.23. The fourth-order valence-corrected chi connectivity index (χ4v) is 2.54. The van der Waals surface area contributed by atoms with Crippen LogP contribution in [0.5, 0.6) is 11.8 Å². The normalized spacial score (nSPS) is 19.7. The number of aromatic nitrogens is 2. The quantitative estimate of drug-likeness (QED) is 0.840. The van der Waals surface area contributed by atoms with Gasteiger partial charge in [-0.05, 0) is 24.6 Å². The molecule has 2 aromatic rings. The maximum atomic E-state index is 13.1. The molecule has 1 saturated heterocycles.